The van der Waals surface area contributed by atoms with Crippen LogP contribution in [0, 0.1) is 0 Å². The van der Waals surface area contributed by atoms with Crippen LogP contribution in [0.3, 0.4) is 0 Å². The first-order valence-corrected chi connectivity index (χ1v) is 15.9. The Kier molecular flexibility index (Phi) is 19.5. The summed E-state index contributed by atoms with van der Waals surface area (Å²) in [5.41, 5.74) is 7.88. The smallest absolute Gasteiger partial charge is 0.406 e. The highest BCUT2D eigenvalue weighted by Crippen LogP contribution is 2.28. The molecule has 1 aliphatic heterocycles. The van der Waals surface area contributed by atoms with Gasteiger partial charge >= 0.3 is 12.7 Å². The molecule has 2 heterocycles. The second kappa shape index (κ2) is 22.6. The van der Waals surface area contributed by atoms with Gasteiger partial charge in [0, 0.05) is 42.7 Å². The third kappa shape index (κ3) is 17.4. The molecular formula is C36H45F6N5O3. The molecule has 3 N–H and O–H groups in total. The number of nitrogens with one attached hydrogen (secondary N) is 1. The molecule has 0 unspecified atom stereocenters. The van der Waals surface area contributed by atoms with Gasteiger partial charge in [0.1, 0.15) is 17.3 Å². The van der Waals surface area contributed by atoms with Gasteiger partial charge in [0.2, 0.25) is 5.95 Å². The summed E-state index contributed by atoms with van der Waals surface area (Å²) >= 11 is 0. The van der Waals surface area contributed by atoms with E-state index in [-0.39, 0.29) is 11.5 Å². The minimum absolute atomic E-state index is 0.267. The number of ether oxygens (including phenoxy) is 3. The monoisotopic (exact) mass is 709 g/mol. The number of alkyl halides is 6. The van der Waals surface area contributed by atoms with Crippen molar-refractivity contribution in [2.24, 2.45) is 0 Å². The predicted octanol–water partition coefficient (Wildman–Crippen LogP) is 10.4. The third-order valence-electron chi connectivity index (χ3n) is 5.79. The van der Waals surface area contributed by atoms with Gasteiger partial charge in [-0.15, -0.1) is 32.9 Å². The number of allylic oxidation sites excluding steroid dienone is 1. The van der Waals surface area contributed by atoms with Crippen LogP contribution in [-0.2, 0) is 4.74 Å². The van der Waals surface area contributed by atoms with E-state index >= 15 is 0 Å². The van der Waals surface area contributed by atoms with E-state index in [2.05, 4.69) is 36.2 Å². The molecule has 0 amide bonds. The predicted molar refractivity (Wildman–Crippen MR) is 188 cm³/mol. The minimum atomic E-state index is -4.73. The number of hydrogen-bond acceptors (Lipinski definition) is 8. The number of nitrogens with zero attached hydrogens (tertiary/aromatic N) is 3. The maximum Gasteiger partial charge on any atom is 0.573 e. The molecule has 1 saturated heterocycles. The highest BCUT2D eigenvalue weighted by molar-refractivity contribution is 5.66. The third-order valence-corrected chi connectivity index (χ3v) is 5.79. The van der Waals surface area contributed by atoms with E-state index in [9.17, 15) is 26.3 Å². The first-order chi connectivity index (χ1) is 23.8. The van der Waals surface area contributed by atoms with Crippen molar-refractivity contribution in [3.63, 3.8) is 0 Å². The van der Waals surface area contributed by atoms with E-state index in [0.29, 0.717) is 37.1 Å². The molecule has 274 valence electrons. The highest BCUT2D eigenvalue weighted by Gasteiger charge is 2.31. The van der Waals surface area contributed by atoms with Crippen LogP contribution in [-0.4, -0.2) is 49.0 Å². The summed E-state index contributed by atoms with van der Waals surface area (Å²) in [5.74, 6) is 0.559. The molecule has 0 saturated carbocycles. The van der Waals surface area contributed by atoms with Gasteiger partial charge in [-0.3, -0.25) is 0 Å². The van der Waals surface area contributed by atoms with Crippen LogP contribution >= 0.6 is 0 Å². The Morgan fingerprint density at radius 1 is 0.780 bits per heavy atom. The number of rotatable bonds is 6. The fourth-order valence-corrected chi connectivity index (χ4v) is 3.92. The second-order valence-electron chi connectivity index (χ2n) is 9.48. The van der Waals surface area contributed by atoms with E-state index in [1.807, 2.05) is 71.0 Å². The zero-order valence-electron chi connectivity index (χ0n) is 28.8. The number of anilines is 4. The highest BCUT2D eigenvalue weighted by atomic mass is 19.4. The molecule has 0 radical (unpaired) electrons. The Hall–Kier alpha value is -4.98. The fraction of sp³-hybridized carbons (Fsp3) is 0.333. The van der Waals surface area contributed by atoms with Gasteiger partial charge in [-0.05, 0) is 61.9 Å². The molecule has 50 heavy (non-hydrogen) atoms. The Bertz CT molecular complexity index is 1480. The first kappa shape index (κ1) is 43.0. The summed E-state index contributed by atoms with van der Waals surface area (Å²) in [6.45, 7) is 16.1. The molecule has 0 spiro atoms. The van der Waals surface area contributed by atoms with E-state index in [1.165, 1.54) is 36.4 Å². The van der Waals surface area contributed by atoms with Crippen LogP contribution in [0.5, 0.6) is 11.5 Å². The van der Waals surface area contributed by atoms with Crippen LogP contribution in [0.25, 0.3) is 11.3 Å². The lowest BCUT2D eigenvalue weighted by molar-refractivity contribution is -0.275. The second-order valence-corrected chi connectivity index (χ2v) is 9.48. The van der Waals surface area contributed by atoms with Crippen molar-refractivity contribution >= 4 is 23.1 Å². The van der Waals surface area contributed by atoms with Crippen LogP contribution in [0.1, 0.15) is 41.0 Å². The van der Waals surface area contributed by atoms with Crippen molar-refractivity contribution in [3.05, 3.63) is 97.6 Å². The average molecular weight is 710 g/mol. The van der Waals surface area contributed by atoms with Crippen molar-refractivity contribution in [3.8, 4) is 22.8 Å². The zero-order valence-corrected chi connectivity index (χ0v) is 28.8. The van der Waals surface area contributed by atoms with Crippen molar-refractivity contribution < 1.29 is 40.6 Å². The fourth-order valence-electron chi connectivity index (χ4n) is 3.92. The molecule has 0 atom stereocenters. The number of aromatic nitrogens is 2. The first-order valence-electron chi connectivity index (χ1n) is 15.9. The SMILES string of the molecule is C=CC.CC.CC.FC(F)(F)Oc1ccc(Nc2nc(-c3ccccc3)cc(N3CCCOCC3)n2)cc1.Nc1ccc(OC(F)(F)F)cc1. The van der Waals surface area contributed by atoms with Crippen molar-refractivity contribution in [2.45, 2.75) is 53.8 Å². The van der Waals surface area contributed by atoms with E-state index < -0.39 is 12.7 Å². The lowest BCUT2D eigenvalue weighted by Crippen LogP contribution is -2.27. The molecule has 4 aromatic rings. The minimum Gasteiger partial charge on any atom is -0.406 e. The van der Waals surface area contributed by atoms with Gasteiger partial charge < -0.3 is 30.2 Å². The molecular weight excluding hydrogens is 664 g/mol. The van der Waals surface area contributed by atoms with Gasteiger partial charge in [0.15, 0.2) is 0 Å². The van der Waals surface area contributed by atoms with Gasteiger partial charge in [-0.2, -0.15) is 4.98 Å². The molecule has 14 heteroatoms. The normalized spacial score (nSPS) is 12.3. The number of nitrogens with two attached hydrogens (primary N) is 1. The maximum absolute atomic E-state index is 12.4. The number of hydrogen-bond donors (Lipinski definition) is 2. The molecule has 8 nitrogen and oxygen atoms in total. The largest absolute Gasteiger partial charge is 0.573 e. The van der Waals surface area contributed by atoms with Gasteiger partial charge in [0.05, 0.1) is 12.3 Å². The lowest BCUT2D eigenvalue weighted by Gasteiger charge is -2.22. The molecule has 1 fully saturated rings. The van der Waals surface area contributed by atoms with Crippen LogP contribution < -0.4 is 25.4 Å². The number of benzene rings is 3. The Morgan fingerprint density at radius 3 is 1.82 bits per heavy atom. The average Bonchev–Trinajstić information content (AvgIpc) is 3.38. The van der Waals surface area contributed by atoms with Crippen LogP contribution in [0.15, 0.2) is 97.6 Å². The number of nitrogen functional groups attached to an aromatic ring is 1. The summed E-state index contributed by atoms with van der Waals surface area (Å²) < 4.78 is 84.9. The zero-order chi connectivity index (χ0) is 37.6. The molecule has 0 aliphatic carbocycles. The topological polar surface area (TPSA) is 94.8 Å². The molecule has 1 aliphatic rings. The van der Waals surface area contributed by atoms with Crippen LogP contribution in [0.4, 0.5) is 49.5 Å². The summed E-state index contributed by atoms with van der Waals surface area (Å²) in [6, 6.07) is 22.1. The van der Waals surface area contributed by atoms with Crippen molar-refractivity contribution in [1.29, 1.82) is 0 Å². The molecule has 0 bridgehead atoms. The quantitative estimate of drug-likeness (QED) is 0.116. The lowest BCUT2D eigenvalue weighted by atomic mass is 10.1. The summed E-state index contributed by atoms with van der Waals surface area (Å²) in [4.78, 5) is 11.4. The Labute approximate surface area is 289 Å². The molecule has 5 rings (SSSR count). The summed E-state index contributed by atoms with van der Waals surface area (Å²) in [7, 11) is 0. The number of halogens is 6. The van der Waals surface area contributed by atoms with Crippen LogP contribution in [0.2, 0.25) is 0 Å². The van der Waals surface area contributed by atoms with Crippen molar-refractivity contribution in [2.75, 3.05) is 42.3 Å². The van der Waals surface area contributed by atoms with E-state index in [1.54, 1.807) is 6.08 Å². The van der Waals surface area contributed by atoms with Gasteiger partial charge in [0.25, 0.3) is 0 Å². The van der Waals surface area contributed by atoms with Gasteiger partial charge in [-0.25, -0.2) is 4.98 Å². The Balaban J connectivity index is 0.000000547. The summed E-state index contributed by atoms with van der Waals surface area (Å²) in [6.07, 6.45) is -6.72. The van der Waals surface area contributed by atoms with Crippen molar-refractivity contribution in [1.82, 2.24) is 9.97 Å². The maximum atomic E-state index is 12.4. The van der Waals surface area contributed by atoms with E-state index in [4.69, 9.17) is 10.5 Å². The summed E-state index contributed by atoms with van der Waals surface area (Å²) in [5, 5.41) is 3.08. The molecule has 1 aromatic heterocycles. The Morgan fingerprint density at radius 2 is 1.30 bits per heavy atom. The standard InChI is InChI=1S/C22H21F3N4O2.C7H6F3NO.C3H6.2C2H6/c23-22(24,25)31-18-9-7-17(8-10-18)26-21-27-19(16-5-2-1-3-6-16)15-20(28-21)29-11-4-13-30-14-12-29;8-7(9,10)12-6-3-1-5(11)2-4-6;1-3-2;2*1-2/h1-3,5-10,15H,4,11-14H2,(H,26,27,28);1-4H,11H2;3H,1H2,2H3;2*1-2H3. The van der Waals surface area contributed by atoms with Gasteiger partial charge in [-0.1, -0.05) is 64.1 Å². The molecule has 3 aromatic carbocycles. The van der Waals surface area contributed by atoms with E-state index in [0.717, 1.165) is 42.2 Å².